The Balaban J connectivity index is 1.51. The molecule has 1 heterocycles. The Morgan fingerprint density at radius 3 is 2.59 bits per heavy atom. The van der Waals surface area contributed by atoms with Crippen LogP contribution in [0.15, 0.2) is 24.3 Å². The van der Waals surface area contributed by atoms with Crippen molar-refractivity contribution in [2.24, 2.45) is 17.8 Å². The van der Waals surface area contributed by atoms with Crippen molar-refractivity contribution in [2.45, 2.75) is 26.3 Å². The molecule has 4 heteroatoms. The molecule has 0 radical (unpaired) electrons. The maximum absolute atomic E-state index is 12.4. The molecular formula is C18H26N2O2. The molecule has 1 saturated carbocycles. The topological polar surface area (TPSA) is 41.6 Å². The Kier molecular flexibility index (Phi) is 3.89. The van der Waals surface area contributed by atoms with E-state index in [0.29, 0.717) is 18.4 Å². The lowest BCUT2D eigenvalue weighted by Crippen LogP contribution is -2.49. The minimum Gasteiger partial charge on any atom is -0.491 e. The maximum atomic E-state index is 12.4. The lowest BCUT2D eigenvalue weighted by molar-refractivity contribution is -0.125. The Bertz CT molecular complexity index is 558. The number of amides is 1. The van der Waals surface area contributed by atoms with Crippen LogP contribution >= 0.6 is 0 Å². The lowest BCUT2D eigenvalue weighted by atomic mass is 10.1. The zero-order chi connectivity index (χ0) is 15.9. The maximum Gasteiger partial charge on any atom is 0.224 e. The molecule has 22 heavy (non-hydrogen) atoms. The van der Waals surface area contributed by atoms with Crippen molar-refractivity contribution in [1.29, 1.82) is 0 Å². The molecule has 0 aromatic heterocycles. The van der Waals surface area contributed by atoms with Crippen LogP contribution in [0.1, 0.15) is 19.4 Å². The first-order valence-electron chi connectivity index (χ1n) is 8.06. The van der Waals surface area contributed by atoms with Crippen molar-refractivity contribution in [3.05, 3.63) is 29.8 Å². The van der Waals surface area contributed by atoms with E-state index in [4.69, 9.17) is 4.74 Å². The molecular weight excluding hydrogens is 276 g/mol. The van der Waals surface area contributed by atoms with Crippen molar-refractivity contribution < 1.29 is 9.53 Å². The summed E-state index contributed by atoms with van der Waals surface area (Å²) < 4.78 is 5.89. The Hall–Kier alpha value is -1.55. The second kappa shape index (κ2) is 5.58. The second-order valence-electron chi connectivity index (χ2n) is 7.50. The lowest BCUT2D eigenvalue weighted by Gasteiger charge is -2.27. The van der Waals surface area contributed by atoms with E-state index in [1.54, 1.807) is 0 Å². The Labute approximate surface area is 132 Å². The summed E-state index contributed by atoms with van der Waals surface area (Å²) in [5, 5.41) is 3.17. The zero-order valence-electron chi connectivity index (χ0n) is 13.9. The van der Waals surface area contributed by atoms with E-state index >= 15 is 0 Å². The third-order valence-corrected chi connectivity index (χ3v) is 4.82. The van der Waals surface area contributed by atoms with Crippen molar-refractivity contribution in [1.82, 2.24) is 10.2 Å². The minimum absolute atomic E-state index is 0.196. The fraction of sp³-hybridized carbons (Fsp3) is 0.611. The summed E-state index contributed by atoms with van der Waals surface area (Å²) in [6.45, 7) is 8.67. The number of likely N-dealkylation sites (tertiary alicyclic amines) is 1. The molecule has 0 spiro atoms. The normalized spacial score (nSPS) is 27.4. The number of hydrogen-bond donors (Lipinski definition) is 1. The van der Waals surface area contributed by atoms with Gasteiger partial charge in [-0.1, -0.05) is 18.2 Å². The van der Waals surface area contributed by atoms with E-state index in [-0.39, 0.29) is 17.4 Å². The molecule has 1 N–H and O–H groups in total. The van der Waals surface area contributed by atoms with Crippen LogP contribution in [-0.4, -0.2) is 43.1 Å². The van der Waals surface area contributed by atoms with E-state index in [1.807, 2.05) is 45.0 Å². The van der Waals surface area contributed by atoms with Gasteiger partial charge in [0.2, 0.25) is 5.91 Å². The molecule has 2 fully saturated rings. The summed E-state index contributed by atoms with van der Waals surface area (Å²) in [6.07, 6.45) is 0. The molecule has 3 rings (SSSR count). The van der Waals surface area contributed by atoms with Gasteiger partial charge in [0.25, 0.3) is 0 Å². The molecule has 1 saturated heterocycles. The third kappa shape index (κ3) is 3.12. The average Bonchev–Trinajstić information content (AvgIpc) is 2.96. The fourth-order valence-electron chi connectivity index (χ4n) is 3.56. The SMILES string of the molecule is Cc1ccccc1OCC(C)(C)NC(=O)[C@@H]1C2CN(C)C[C@H]21. The monoisotopic (exact) mass is 302 g/mol. The van der Waals surface area contributed by atoms with Gasteiger partial charge < -0.3 is 15.0 Å². The number of benzene rings is 1. The van der Waals surface area contributed by atoms with E-state index in [0.717, 1.165) is 24.4 Å². The summed E-state index contributed by atoms with van der Waals surface area (Å²) in [4.78, 5) is 14.7. The first kappa shape index (κ1) is 15.3. The van der Waals surface area contributed by atoms with Gasteiger partial charge in [-0.3, -0.25) is 4.79 Å². The van der Waals surface area contributed by atoms with Crippen LogP contribution < -0.4 is 10.1 Å². The number of piperidine rings is 1. The largest absolute Gasteiger partial charge is 0.491 e. The van der Waals surface area contributed by atoms with Gasteiger partial charge in [-0.2, -0.15) is 0 Å². The number of hydrogen-bond acceptors (Lipinski definition) is 3. The second-order valence-corrected chi connectivity index (χ2v) is 7.50. The standard InChI is InChI=1S/C18H26N2O2/c1-12-7-5-6-8-15(12)22-11-18(2,3)19-17(21)16-13-9-20(4)10-14(13)16/h5-8,13-14,16H,9-11H2,1-4H3,(H,19,21)/t13-,14?,16+/m1/s1. The van der Waals surface area contributed by atoms with Crippen LogP contribution in [0.3, 0.4) is 0 Å². The molecule has 4 nitrogen and oxygen atoms in total. The van der Waals surface area contributed by atoms with E-state index in [2.05, 4.69) is 17.3 Å². The highest BCUT2D eigenvalue weighted by Gasteiger charge is 2.58. The molecule has 1 aromatic carbocycles. The van der Waals surface area contributed by atoms with E-state index < -0.39 is 0 Å². The highest BCUT2D eigenvalue weighted by molar-refractivity contribution is 5.83. The van der Waals surface area contributed by atoms with Gasteiger partial charge in [0.1, 0.15) is 12.4 Å². The van der Waals surface area contributed by atoms with Crippen LogP contribution in [0.5, 0.6) is 5.75 Å². The van der Waals surface area contributed by atoms with Gasteiger partial charge in [-0.05, 0) is 51.3 Å². The first-order valence-corrected chi connectivity index (χ1v) is 8.06. The van der Waals surface area contributed by atoms with E-state index in [9.17, 15) is 4.79 Å². The number of ether oxygens (including phenoxy) is 1. The minimum atomic E-state index is -0.359. The summed E-state index contributed by atoms with van der Waals surface area (Å²) in [5.41, 5.74) is 0.756. The van der Waals surface area contributed by atoms with Gasteiger partial charge in [-0.25, -0.2) is 0 Å². The van der Waals surface area contributed by atoms with Crippen molar-refractivity contribution in [3.63, 3.8) is 0 Å². The smallest absolute Gasteiger partial charge is 0.224 e. The molecule has 120 valence electrons. The van der Waals surface area contributed by atoms with Gasteiger partial charge in [0, 0.05) is 19.0 Å². The van der Waals surface area contributed by atoms with Gasteiger partial charge in [0.05, 0.1) is 5.54 Å². The number of para-hydroxylation sites is 1. The van der Waals surface area contributed by atoms with Crippen LogP contribution in [-0.2, 0) is 4.79 Å². The summed E-state index contributed by atoms with van der Waals surface area (Å²) in [7, 11) is 2.13. The molecule has 0 bridgehead atoms. The zero-order valence-corrected chi connectivity index (χ0v) is 13.9. The van der Waals surface area contributed by atoms with Crippen molar-refractivity contribution >= 4 is 5.91 Å². The highest BCUT2D eigenvalue weighted by Crippen LogP contribution is 2.51. The van der Waals surface area contributed by atoms with Gasteiger partial charge >= 0.3 is 0 Å². The number of rotatable bonds is 5. The summed E-state index contributed by atoms with van der Waals surface area (Å²) in [5.74, 6) is 2.43. The van der Waals surface area contributed by atoms with Gasteiger partial charge in [0.15, 0.2) is 0 Å². The number of fused-ring (bicyclic) bond motifs is 1. The van der Waals surface area contributed by atoms with Crippen LogP contribution in [0.2, 0.25) is 0 Å². The molecule has 1 amide bonds. The van der Waals surface area contributed by atoms with Crippen LogP contribution in [0, 0.1) is 24.7 Å². The quantitative estimate of drug-likeness (QED) is 0.905. The van der Waals surface area contributed by atoms with Crippen LogP contribution in [0.25, 0.3) is 0 Å². The number of nitrogens with one attached hydrogen (secondary N) is 1. The van der Waals surface area contributed by atoms with Crippen LogP contribution in [0.4, 0.5) is 0 Å². The molecule has 1 aliphatic heterocycles. The number of carbonyl (C=O) groups is 1. The van der Waals surface area contributed by atoms with E-state index in [1.165, 1.54) is 0 Å². The molecule has 3 atom stereocenters. The predicted molar refractivity (Wildman–Crippen MR) is 86.9 cm³/mol. The summed E-state index contributed by atoms with van der Waals surface area (Å²) >= 11 is 0. The molecule has 1 aromatic rings. The number of aryl methyl sites for hydroxylation is 1. The Morgan fingerprint density at radius 1 is 1.32 bits per heavy atom. The molecule has 1 unspecified atom stereocenters. The van der Waals surface area contributed by atoms with Crippen molar-refractivity contribution in [2.75, 3.05) is 26.7 Å². The number of carbonyl (C=O) groups excluding carboxylic acids is 1. The number of nitrogens with zero attached hydrogens (tertiary/aromatic N) is 1. The third-order valence-electron chi connectivity index (χ3n) is 4.82. The molecule has 1 aliphatic carbocycles. The molecule has 2 aliphatic rings. The van der Waals surface area contributed by atoms with Gasteiger partial charge in [-0.15, -0.1) is 0 Å². The first-order chi connectivity index (χ1) is 10.4. The predicted octanol–water partition coefficient (Wildman–Crippen LogP) is 2.08. The highest BCUT2D eigenvalue weighted by atomic mass is 16.5. The fourth-order valence-corrected chi connectivity index (χ4v) is 3.56. The average molecular weight is 302 g/mol. The van der Waals surface area contributed by atoms with Crippen molar-refractivity contribution in [3.8, 4) is 5.75 Å². The Morgan fingerprint density at radius 2 is 1.95 bits per heavy atom. The summed E-state index contributed by atoms with van der Waals surface area (Å²) in [6, 6.07) is 7.96.